The van der Waals surface area contributed by atoms with Crippen molar-refractivity contribution in [2.75, 3.05) is 24.6 Å². The molecule has 0 spiro atoms. The van der Waals surface area contributed by atoms with Gasteiger partial charge >= 0.3 is 5.97 Å². The SMILES string of the molecule is CC1C(C(=O)O)CCN1C(=O)COc1cccc(N2CCCC2=O)c1. The third-order valence-corrected chi connectivity index (χ3v) is 4.96. The van der Waals surface area contributed by atoms with Crippen molar-refractivity contribution in [1.29, 1.82) is 0 Å². The highest BCUT2D eigenvalue weighted by atomic mass is 16.5. The molecule has 7 nitrogen and oxygen atoms in total. The van der Waals surface area contributed by atoms with Gasteiger partial charge in [-0.15, -0.1) is 0 Å². The van der Waals surface area contributed by atoms with Gasteiger partial charge in [0.25, 0.3) is 5.91 Å². The highest BCUT2D eigenvalue weighted by Gasteiger charge is 2.38. The molecule has 2 atom stereocenters. The summed E-state index contributed by atoms with van der Waals surface area (Å²) in [7, 11) is 0. The average Bonchev–Trinajstić information content (AvgIpc) is 3.18. The quantitative estimate of drug-likeness (QED) is 0.873. The smallest absolute Gasteiger partial charge is 0.308 e. The van der Waals surface area contributed by atoms with Gasteiger partial charge in [-0.2, -0.15) is 0 Å². The van der Waals surface area contributed by atoms with Gasteiger partial charge in [0.1, 0.15) is 5.75 Å². The number of benzene rings is 1. The molecule has 2 fully saturated rings. The van der Waals surface area contributed by atoms with E-state index in [0.717, 1.165) is 12.1 Å². The minimum atomic E-state index is -0.869. The zero-order chi connectivity index (χ0) is 18.0. The van der Waals surface area contributed by atoms with Gasteiger partial charge in [0.15, 0.2) is 6.61 Å². The Morgan fingerprint density at radius 3 is 2.76 bits per heavy atom. The fourth-order valence-electron chi connectivity index (χ4n) is 3.51. The van der Waals surface area contributed by atoms with Crippen LogP contribution in [0.4, 0.5) is 5.69 Å². The summed E-state index contributed by atoms with van der Waals surface area (Å²) in [4.78, 5) is 38.6. The lowest BCUT2D eigenvalue weighted by Gasteiger charge is -2.23. The lowest BCUT2D eigenvalue weighted by atomic mass is 10.0. The van der Waals surface area contributed by atoms with Gasteiger partial charge in [-0.3, -0.25) is 14.4 Å². The number of ether oxygens (including phenoxy) is 1. The maximum absolute atomic E-state index is 12.3. The first kappa shape index (κ1) is 17.3. The number of likely N-dealkylation sites (tertiary alicyclic amines) is 1. The molecule has 0 aromatic heterocycles. The van der Waals surface area contributed by atoms with Crippen LogP contribution in [0.5, 0.6) is 5.75 Å². The second kappa shape index (κ2) is 7.13. The van der Waals surface area contributed by atoms with Gasteiger partial charge in [-0.25, -0.2) is 0 Å². The summed E-state index contributed by atoms with van der Waals surface area (Å²) in [5, 5.41) is 9.15. The molecular formula is C18H22N2O5. The standard InChI is InChI=1S/C18H22N2O5/c1-12-15(18(23)24)7-9-19(12)17(22)11-25-14-5-2-4-13(10-14)20-8-3-6-16(20)21/h2,4-5,10,12,15H,3,6-9,11H2,1H3,(H,23,24). The second-order valence-electron chi connectivity index (χ2n) is 6.50. The summed E-state index contributed by atoms with van der Waals surface area (Å²) in [6.07, 6.45) is 1.87. The van der Waals surface area contributed by atoms with Gasteiger partial charge in [0, 0.05) is 37.3 Å². The Hall–Kier alpha value is -2.57. The third kappa shape index (κ3) is 3.60. The molecule has 0 radical (unpaired) electrons. The van der Waals surface area contributed by atoms with Crippen LogP contribution in [0.1, 0.15) is 26.2 Å². The van der Waals surface area contributed by atoms with Crippen molar-refractivity contribution in [2.24, 2.45) is 5.92 Å². The number of nitrogens with zero attached hydrogens (tertiary/aromatic N) is 2. The molecule has 2 saturated heterocycles. The molecule has 3 rings (SSSR count). The highest BCUT2D eigenvalue weighted by Crippen LogP contribution is 2.27. The summed E-state index contributed by atoms with van der Waals surface area (Å²) in [5.74, 6) is -0.995. The number of hydrogen-bond acceptors (Lipinski definition) is 4. The molecule has 0 bridgehead atoms. The molecule has 2 unspecified atom stereocenters. The van der Waals surface area contributed by atoms with Gasteiger partial charge < -0.3 is 19.6 Å². The monoisotopic (exact) mass is 346 g/mol. The number of hydrogen-bond donors (Lipinski definition) is 1. The molecule has 1 aromatic carbocycles. The van der Waals surface area contributed by atoms with Crippen LogP contribution in [-0.2, 0) is 14.4 Å². The molecule has 134 valence electrons. The van der Waals surface area contributed by atoms with Crippen LogP contribution in [0.2, 0.25) is 0 Å². The zero-order valence-corrected chi connectivity index (χ0v) is 14.2. The molecule has 1 N–H and O–H groups in total. The number of anilines is 1. The molecule has 0 aliphatic carbocycles. The molecule has 2 amide bonds. The average molecular weight is 346 g/mol. The number of aliphatic carboxylic acids is 1. The first-order valence-corrected chi connectivity index (χ1v) is 8.53. The molecule has 2 heterocycles. The Morgan fingerprint density at radius 1 is 1.32 bits per heavy atom. The largest absolute Gasteiger partial charge is 0.484 e. The lowest BCUT2D eigenvalue weighted by Crippen LogP contribution is -2.40. The highest BCUT2D eigenvalue weighted by molar-refractivity contribution is 5.95. The van der Waals surface area contributed by atoms with Gasteiger partial charge in [-0.05, 0) is 31.9 Å². The van der Waals surface area contributed by atoms with E-state index in [1.54, 1.807) is 34.9 Å². The summed E-state index contributed by atoms with van der Waals surface area (Å²) < 4.78 is 5.58. The van der Waals surface area contributed by atoms with Crippen molar-refractivity contribution in [3.8, 4) is 5.75 Å². The van der Waals surface area contributed by atoms with Gasteiger partial charge in [0.05, 0.1) is 5.92 Å². The van der Waals surface area contributed by atoms with Crippen molar-refractivity contribution in [2.45, 2.75) is 32.2 Å². The number of carboxylic acids is 1. The Morgan fingerprint density at radius 2 is 2.12 bits per heavy atom. The van der Waals surface area contributed by atoms with Crippen LogP contribution in [-0.4, -0.2) is 53.5 Å². The molecule has 25 heavy (non-hydrogen) atoms. The topological polar surface area (TPSA) is 87.2 Å². The van der Waals surface area contributed by atoms with Crippen molar-refractivity contribution in [1.82, 2.24) is 4.90 Å². The molecule has 1 aromatic rings. The molecule has 2 aliphatic heterocycles. The van der Waals surface area contributed by atoms with E-state index in [9.17, 15) is 14.4 Å². The Bertz CT molecular complexity index is 690. The van der Waals surface area contributed by atoms with Crippen LogP contribution < -0.4 is 9.64 Å². The van der Waals surface area contributed by atoms with Crippen molar-refractivity contribution in [3.63, 3.8) is 0 Å². The zero-order valence-electron chi connectivity index (χ0n) is 14.2. The van der Waals surface area contributed by atoms with E-state index in [1.165, 1.54) is 0 Å². The lowest BCUT2D eigenvalue weighted by molar-refractivity contribution is -0.143. The molecular weight excluding hydrogens is 324 g/mol. The first-order valence-electron chi connectivity index (χ1n) is 8.53. The van der Waals surface area contributed by atoms with E-state index in [4.69, 9.17) is 9.84 Å². The Balaban J connectivity index is 1.59. The fraction of sp³-hybridized carbons (Fsp3) is 0.500. The van der Waals surface area contributed by atoms with Crippen molar-refractivity contribution in [3.05, 3.63) is 24.3 Å². The fourth-order valence-corrected chi connectivity index (χ4v) is 3.51. The van der Waals surface area contributed by atoms with Crippen LogP contribution >= 0.6 is 0 Å². The first-order chi connectivity index (χ1) is 12.0. The maximum Gasteiger partial charge on any atom is 0.308 e. The number of carbonyl (C=O) groups is 3. The molecule has 7 heteroatoms. The number of carboxylic acid groups (broad SMARTS) is 1. The Kier molecular flexibility index (Phi) is 4.92. The van der Waals surface area contributed by atoms with E-state index < -0.39 is 11.9 Å². The summed E-state index contributed by atoms with van der Waals surface area (Å²) in [6, 6.07) is 6.80. The van der Waals surface area contributed by atoms with Crippen LogP contribution in [0.15, 0.2) is 24.3 Å². The normalized spacial score (nSPS) is 23.2. The molecule has 0 saturated carbocycles. The summed E-state index contributed by atoms with van der Waals surface area (Å²) in [6.45, 7) is 2.74. The number of rotatable bonds is 5. The van der Waals surface area contributed by atoms with Crippen LogP contribution in [0.3, 0.4) is 0 Å². The van der Waals surface area contributed by atoms with Gasteiger partial charge in [-0.1, -0.05) is 6.07 Å². The summed E-state index contributed by atoms with van der Waals surface area (Å²) in [5.41, 5.74) is 0.771. The van der Waals surface area contributed by atoms with Crippen LogP contribution in [0, 0.1) is 5.92 Å². The Labute approximate surface area is 146 Å². The van der Waals surface area contributed by atoms with Crippen LogP contribution in [0.25, 0.3) is 0 Å². The van der Waals surface area contributed by atoms with E-state index in [2.05, 4.69) is 0 Å². The predicted molar refractivity (Wildman–Crippen MR) is 90.4 cm³/mol. The predicted octanol–water partition coefficient (Wildman–Crippen LogP) is 1.51. The van der Waals surface area contributed by atoms with Gasteiger partial charge in [0.2, 0.25) is 5.91 Å². The van der Waals surface area contributed by atoms with Crippen molar-refractivity contribution < 1.29 is 24.2 Å². The number of carbonyl (C=O) groups excluding carboxylic acids is 2. The number of amides is 2. The summed E-state index contributed by atoms with van der Waals surface area (Å²) >= 11 is 0. The molecule has 2 aliphatic rings. The third-order valence-electron chi connectivity index (χ3n) is 4.96. The van der Waals surface area contributed by atoms with E-state index >= 15 is 0 Å². The van der Waals surface area contributed by atoms with E-state index in [1.807, 2.05) is 6.07 Å². The second-order valence-corrected chi connectivity index (χ2v) is 6.50. The van der Waals surface area contributed by atoms with Crippen molar-refractivity contribution >= 4 is 23.5 Å². The van der Waals surface area contributed by atoms with E-state index in [0.29, 0.717) is 31.7 Å². The minimum absolute atomic E-state index is 0.0961. The maximum atomic E-state index is 12.3. The van der Waals surface area contributed by atoms with E-state index in [-0.39, 0.29) is 24.5 Å². The minimum Gasteiger partial charge on any atom is -0.484 e.